The molecule has 1 aliphatic rings. The summed E-state index contributed by atoms with van der Waals surface area (Å²) in [6.07, 6.45) is 8.26. The van der Waals surface area contributed by atoms with E-state index in [0.717, 1.165) is 6.42 Å². The average Bonchev–Trinajstić information content (AvgIpc) is 2.08. The van der Waals surface area contributed by atoms with Crippen LogP contribution in [-0.4, -0.2) is 11.7 Å². The number of rotatable bonds is 3. The van der Waals surface area contributed by atoms with Crippen molar-refractivity contribution < 1.29 is 5.11 Å². The molecule has 0 spiro atoms. The Morgan fingerprint density at radius 1 is 1.58 bits per heavy atom. The molecule has 70 valence electrons. The van der Waals surface area contributed by atoms with Gasteiger partial charge in [-0.05, 0) is 44.4 Å². The normalized spacial score (nSPS) is 30.1. The summed E-state index contributed by atoms with van der Waals surface area (Å²) in [6, 6.07) is 0. The predicted octanol–water partition coefficient (Wildman–Crippen LogP) is 2.90. The third kappa shape index (κ3) is 2.63. The van der Waals surface area contributed by atoms with Crippen LogP contribution in [0.2, 0.25) is 0 Å². The Morgan fingerprint density at radius 3 is 2.83 bits per heavy atom. The molecule has 1 unspecified atom stereocenters. The minimum Gasteiger partial charge on any atom is -0.396 e. The summed E-state index contributed by atoms with van der Waals surface area (Å²) >= 11 is 0. The molecule has 0 radical (unpaired) electrons. The highest BCUT2D eigenvalue weighted by molar-refractivity contribution is 5.05. The van der Waals surface area contributed by atoms with E-state index >= 15 is 0 Å². The summed E-state index contributed by atoms with van der Waals surface area (Å²) in [5.74, 6) is 0. The first-order valence-electron chi connectivity index (χ1n) is 4.93. The minimum atomic E-state index is 0.346. The molecule has 0 amide bonds. The van der Waals surface area contributed by atoms with Crippen LogP contribution in [0.5, 0.6) is 0 Å². The maximum absolute atomic E-state index is 8.75. The first-order chi connectivity index (χ1) is 5.66. The van der Waals surface area contributed by atoms with Crippen LogP contribution in [-0.2, 0) is 0 Å². The van der Waals surface area contributed by atoms with Gasteiger partial charge in [-0.3, -0.25) is 0 Å². The molecule has 1 nitrogen and oxygen atoms in total. The summed E-state index contributed by atoms with van der Waals surface area (Å²) in [6.45, 7) is 4.90. The molecule has 1 aliphatic carbocycles. The fraction of sp³-hybridized carbons (Fsp3) is 0.818. The van der Waals surface area contributed by atoms with E-state index in [4.69, 9.17) is 5.11 Å². The van der Waals surface area contributed by atoms with Crippen LogP contribution in [0.25, 0.3) is 0 Å². The highest BCUT2D eigenvalue weighted by Gasteiger charge is 2.24. The zero-order chi connectivity index (χ0) is 9.03. The molecule has 0 aromatic carbocycles. The van der Waals surface area contributed by atoms with Crippen molar-refractivity contribution in [3.63, 3.8) is 0 Å². The van der Waals surface area contributed by atoms with Crippen molar-refractivity contribution in [3.05, 3.63) is 11.6 Å². The van der Waals surface area contributed by atoms with Gasteiger partial charge < -0.3 is 5.11 Å². The lowest BCUT2D eigenvalue weighted by molar-refractivity contribution is 0.212. The van der Waals surface area contributed by atoms with Crippen molar-refractivity contribution in [2.75, 3.05) is 6.61 Å². The summed E-state index contributed by atoms with van der Waals surface area (Å²) in [5, 5.41) is 8.75. The second-order valence-corrected chi connectivity index (χ2v) is 4.39. The Kier molecular flexibility index (Phi) is 3.33. The van der Waals surface area contributed by atoms with E-state index in [1.165, 1.54) is 31.3 Å². The van der Waals surface area contributed by atoms with Gasteiger partial charge in [-0.25, -0.2) is 0 Å². The number of hydrogen-bond acceptors (Lipinski definition) is 1. The summed E-state index contributed by atoms with van der Waals surface area (Å²) in [4.78, 5) is 0. The molecule has 0 heterocycles. The first kappa shape index (κ1) is 9.79. The van der Waals surface area contributed by atoms with Gasteiger partial charge in [0, 0.05) is 6.61 Å². The standard InChI is InChI=1S/C11H20O/c1-10-4-7-11(2,8-5-10)6-3-9-12/h4,12H,3,5-9H2,1-2H3. The van der Waals surface area contributed by atoms with Crippen molar-refractivity contribution >= 4 is 0 Å². The SMILES string of the molecule is CC1=CCC(C)(CCCO)CC1. The molecule has 0 aromatic rings. The molecule has 0 aliphatic heterocycles. The lowest BCUT2D eigenvalue weighted by atomic mass is 9.74. The average molecular weight is 168 g/mol. The number of allylic oxidation sites excluding steroid dienone is 2. The van der Waals surface area contributed by atoms with Gasteiger partial charge in [0.15, 0.2) is 0 Å². The van der Waals surface area contributed by atoms with Gasteiger partial charge in [-0.1, -0.05) is 18.6 Å². The maximum atomic E-state index is 8.75. The van der Waals surface area contributed by atoms with E-state index < -0.39 is 0 Å². The van der Waals surface area contributed by atoms with Gasteiger partial charge >= 0.3 is 0 Å². The van der Waals surface area contributed by atoms with Crippen LogP contribution in [0.4, 0.5) is 0 Å². The molecule has 1 rings (SSSR count). The van der Waals surface area contributed by atoms with Crippen LogP contribution in [0.15, 0.2) is 11.6 Å². The third-order valence-electron chi connectivity index (χ3n) is 3.00. The van der Waals surface area contributed by atoms with Crippen molar-refractivity contribution in [3.8, 4) is 0 Å². The summed E-state index contributed by atoms with van der Waals surface area (Å²) < 4.78 is 0. The van der Waals surface area contributed by atoms with E-state index in [1.807, 2.05) is 0 Å². The topological polar surface area (TPSA) is 20.2 Å². The minimum absolute atomic E-state index is 0.346. The number of hydrogen-bond donors (Lipinski definition) is 1. The molecule has 0 aromatic heterocycles. The lowest BCUT2D eigenvalue weighted by Crippen LogP contribution is -2.19. The van der Waals surface area contributed by atoms with Gasteiger partial charge in [0.25, 0.3) is 0 Å². The van der Waals surface area contributed by atoms with Gasteiger partial charge in [0.1, 0.15) is 0 Å². The Labute approximate surface area is 75.5 Å². The third-order valence-corrected chi connectivity index (χ3v) is 3.00. The summed E-state index contributed by atoms with van der Waals surface area (Å²) in [7, 11) is 0. The molecule has 0 saturated heterocycles. The highest BCUT2D eigenvalue weighted by atomic mass is 16.2. The number of aliphatic hydroxyl groups is 1. The van der Waals surface area contributed by atoms with Crippen molar-refractivity contribution in [2.45, 2.75) is 46.0 Å². The smallest absolute Gasteiger partial charge is 0.0431 e. The van der Waals surface area contributed by atoms with Gasteiger partial charge in [-0.15, -0.1) is 0 Å². The van der Waals surface area contributed by atoms with Crippen LogP contribution >= 0.6 is 0 Å². The Balaban J connectivity index is 2.40. The second kappa shape index (κ2) is 4.08. The Morgan fingerprint density at radius 2 is 2.33 bits per heavy atom. The van der Waals surface area contributed by atoms with Gasteiger partial charge in [-0.2, -0.15) is 0 Å². The maximum Gasteiger partial charge on any atom is 0.0431 e. The van der Waals surface area contributed by atoms with E-state index in [0.29, 0.717) is 12.0 Å². The molecule has 1 atom stereocenters. The highest BCUT2D eigenvalue weighted by Crippen LogP contribution is 2.38. The van der Waals surface area contributed by atoms with Crippen molar-refractivity contribution in [1.82, 2.24) is 0 Å². The lowest BCUT2D eigenvalue weighted by Gasteiger charge is -2.32. The first-order valence-corrected chi connectivity index (χ1v) is 4.93. The van der Waals surface area contributed by atoms with Crippen molar-refractivity contribution in [2.24, 2.45) is 5.41 Å². The van der Waals surface area contributed by atoms with E-state index in [-0.39, 0.29) is 0 Å². The zero-order valence-electron chi connectivity index (χ0n) is 8.27. The molecule has 0 saturated carbocycles. The van der Waals surface area contributed by atoms with E-state index in [1.54, 1.807) is 0 Å². The molecule has 1 heteroatoms. The second-order valence-electron chi connectivity index (χ2n) is 4.39. The van der Waals surface area contributed by atoms with Gasteiger partial charge in [0.2, 0.25) is 0 Å². The molecule has 1 N–H and O–H groups in total. The number of aliphatic hydroxyl groups excluding tert-OH is 1. The molecule has 0 bridgehead atoms. The van der Waals surface area contributed by atoms with E-state index in [2.05, 4.69) is 19.9 Å². The molecular weight excluding hydrogens is 148 g/mol. The van der Waals surface area contributed by atoms with Crippen LogP contribution in [0.1, 0.15) is 46.0 Å². The fourth-order valence-corrected chi connectivity index (χ4v) is 1.86. The molecular formula is C11H20O. The van der Waals surface area contributed by atoms with E-state index in [9.17, 15) is 0 Å². The summed E-state index contributed by atoms with van der Waals surface area (Å²) in [5.41, 5.74) is 2.01. The zero-order valence-corrected chi connectivity index (χ0v) is 8.27. The van der Waals surface area contributed by atoms with Crippen LogP contribution < -0.4 is 0 Å². The predicted molar refractivity (Wildman–Crippen MR) is 52.0 cm³/mol. The van der Waals surface area contributed by atoms with Gasteiger partial charge in [0.05, 0.1) is 0 Å². The molecule has 0 fully saturated rings. The molecule has 12 heavy (non-hydrogen) atoms. The fourth-order valence-electron chi connectivity index (χ4n) is 1.86. The Hall–Kier alpha value is -0.300. The largest absolute Gasteiger partial charge is 0.396 e. The van der Waals surface area contributed by atoms with Crippen LogP contribution in [0, 0.1) is 5.41 Å². The van der Waals surface area contributed by atoms with Crippen LogP contribution in [0.3, 0.4) is 0 Å². The monoisotopic (exact) mass is 168 g/mol. The Bertz CT molecular complexity index is 172. The van der Waals surface area contributed by atoms with Crippen molar-refractivity contribution in [1.29, 1.82) is 0 Å². The quantitative estimate of drug-likeness (QED) is 0.642.